The normalized spacial score (nSPS) is 11.7. The Balaban J connectivity index is 3.06. The van der Waals surface area contributed by atoms with Crippen molar-refractivity contribution in [3.05, 3.63) is 23.2 Å². The standard InChI is InChI=1S/C6H7ClN2O4S2/c7-5-2-1-4(15(9,10)11)3-6(5)14-13-12-8/h1-3H,8H2,(H2,9,10,11). The van der Waals surface area contributed by atoms with E-state index < -0.39 is 10.0 Å². The van der Waals surface area contributed by atoms with Gasteiger partial charge in [-0.15, -0.1) is 9.32 Å². The summed E-state index contributed by atoms with van der Waals surface area (Å²) in [6.45, 7) is 0. The molecule has 0 bridgehead atoms. The molecule has 1 aromatic carbocycles. The van der Waals surface area contributed by atoms with Crippen LogP contribution in [0.5, 0.6) is 0 Å². The molecular formula is C6H7ClN2O4S2. The molecule has 0 saturated carbocycles. The van der Waals surface area contributed by atoms with Crippen LogP contribution in [0.15, 0.2) is 28.0 Å². The number of halogens is 1. The molecule has 1 aromatic rings. The van der Waals surface area contributed by atoms with Crippen LogP contribution in [0.25, 0.3) is 0 Å². The second kappa shape index (κ2) is 5.12. The van der Waals surface area contributed by atoms with Crippen LogP contribution in [-0.4, -0.2) is 8.42 Å². The van der Waals surface area contributed by atoms with Crippen LogP contribution in [0.2, 0.25) is 5.02 Å². The third-order valence-corrected chi connectivity index (χ3v) is 3.41. The Labute approximate surface area is 95.6 Å². The predicted molar refractivity (Wildman–Crippen MR) is 55.0 cm³/mol. The van der Waals surface area contributed by atoms with Gasteiger partial charge in [0, 0.05) is 0 Å². The van der Waals surface area contributed by atoms with E-state index >= 15 is 0 Å². The zero-order valence-electron chi connectivity index (χ0n) is 7.21. The molecule has 4 N–H and O–H groups in total. The maximum atomic E-state index is 11.0. The fourth-order valence-electron chi connectivity index (χ4n) is 0.781. The minimum absolute atomic E-state index is 0.0741. The van der Waals surface area contributed by atoms with Gasteiger partial charge >= 0.3 is 0 Å². The van der Waals surface area contributed by atoms with E-state index in [9.17, 15) is 8.42 Å². The highest BCUT2D eigenvalue weighted by Crippen LogP contribution is 2.29. The van der Waals surface area contributed by atoms with Crippen molar-refractivity contribution < 1.29 is 17.7 Å². The van der Waals surface area contributed by atoms with Gasteiger partial charge in [0.2, 0.25) is 10.0 Å². The molecule has 1 rings (SSSR count). The van der Waals surface area contributed by atoms with Crippen molar-refractivity contribution in [1.82, 2.24) is 0 Å². The van der Waals surface area contributed by atoms with Crippen molar-refractivity contribution in [3.63, 3.8) is 0 Å². The molecule has 0 spiro atoms. The molecule has 9 heteroatoms. The maximum Gasteiger partial charge on any atom is 0.238 e. The van der Waals surface area contributed by atoms with E-state index in [0.29, 0.717) is 22.0 Å². The second-order valence-electron chi connectivity index (χ2n) is 2.38. The maximum absolute atomic E-state index is 11.0. The Morgan fingerprint density at radius 2 is 2.07 bits per heavy atom. The molecule has 0 amide bonds. The summed E-state index contributed by atoms with van der Waals surface area (Å²) in [6.07, 6.45) is 0. The Hall–Kier alpha value is -0.350. The van der Waals surface area contributed by atoms with Crippen LogP contribution >= 0.6 is 23.6 Å². The zero-order chi connectivity index (χ0) is 11.5. The van der Waals surface area contributed by atoms with Crippen molar-refractivity contribution in [2.24, 2.45) is 11.0 Å². The third kappa shape index (κ3) is 3.61. The fraction of sp³-hybridized carbons (Fsp3) is 0. The third-order valence-electron chi connectivity index (χ3n) is 1.39. The summed E-state index contributed by atoms with van der Waals surface area (Å²) < 4.78 is 26.3. The Bertz CT molecular complexity index is 450. The van der Waals surface area contributed by atoms with Crippen LogP contribution in [-0.2, 0) is 19.3 Å². The van der Waals surface area contributed by atoms with Gasteiger partial charge in [-0.3, -0.25) is 0 Å². The largest absolute Gasteiger partial charge is 0.238 e. The van der Waals surface area contributed by atoms with Crippen molar-refractivity contribution >= 4 is 33.7 Å². The molecule has 0 heterocycles. The minimum Gasteiger partial charge on any atom is -0.225 e. The van der Waals surface area contributed by atoms with Crippen LogP contribution < -0.4 is 11.0 Å². The predicted octanol–water partition coefficient (Wildman–Crippen LogP) is 0.816. The van der Waals surface area contributed by atoms with Crippen molar-refractivity contribution in [2.75, 3.05) is 0 Å². The Kier molecular flexibility index (Phi) is 4.34. The molecule has 0 unspecified atom stereocenters. The van der Waals surface area contributed by atoms with E-state index in [0.717, 1.165) is 0 Å². The van der Waals surface area contributed by atoms with E-state index in [1.807, 2.05) is 0 Å². The van der Waals surface area contributed by atoms with E-state index in [-0.39, 0.29) is 4.90 Å². The highest BCUT2D eigenvalue weighted by molar-refractivity contribution is 7.94. The summed E-state index contributed by atoms with van der Waals surface area (Å²) in [7, 11) is -3.77. The molecule has 0 aliphatic carbocycles. The number of benzene rings is 1. The van der Waals surface area contributed by atoms with Gasteiger partial charge < -0.3 is 0 Å². The zero-order valence-corrected chi connectivity index (χ0v) is 9.60. The molecule has 0 radical (unpaired) electrons. The number of sulfonamides is 1. The number of hydrogen-bond acceptors (Lipinski definition) is 6. The minimum atomic E-state index is -3.77. The Morgan fingerprint density at radius 1 is 1.40 bits per heavy atom. The summed E-state index contributed by atoms with van der Waals surface area (Å²) in [4.78, 5) is 4.10. The first-order valence-electron chi connectivity index (χ1n) is 3.47. The first-order valence-corrected chi connectivity index (χ1v) is 6.14. The van der Waals surface area contributed by atoms with Crippen molar-refractivity contribution in [3.8, 4) is 0 Å². The van der Waals surface area contributed by atoms with Gasteiger partial charge in [-0.05, 0) is 18.2 Å². The van der Waals surface area contributed by atoms with Crippen molar-refractivity contribution in [2.45, 2.75) is 9.79 Å². The van der Waals surface area contributed by atoms with E-state index in [4.69, 9.17) is 16.7 Å². The lowest BCUT2D eigenvalue weighted by Crippen LogP contribution is -2.12. The second-order valence-corrected chi connectivity index (χ2v) is 5.10. The van der Waals surface area contributed by atoms with Gasteiger partial charge in [-0.25, -0.2) is 13.6 Å². The monoisotopic (exact) mass is 270 g/mol. The smallest absolute Gasteiger partial charge is 0.225 e. The summed E-state index contributed by atoms with van der Waals surface area (Å²) >= 11 is 6.43. The molecule has 0 atom stereocenters. The number of hydrogen-bond donors (Lipinski definition) is 2. The van der Waals surface area contributed by atoms with Crippen LogP contribution in [0.3, 0.4) is 0 Å². The molecule has 0 aromatic heterocycles. The molecule has 0 saturated heterocycles. The van der Waals surface area contributed by atoms with E-state index in [1.165, 1.54) is 18.2 Å². The number of rotatable bonds is 4. The molecule has 84 valence electrons. The van der Waals surface area contributed by atoms with Crippen LogP contribution in [0.4, 0.5) is 0 Å². The molecule has 0 aliphatic rings. The molecule has 0 fully saturated rings. The summed E-state index contributed by atoms with van der Waals surface area (Å²) in [5.41, 5.74) is 0. The SMILES string of the molecule is NOOSc1cc(S(N)(=O)=O)ccc1Cl. The van der Waals surface area contributed by atoms with Gasteiger partial charge in [0.15, 0.2) is 0 Å². The molecule has 6 nitrogen and oxygen atoms in total. The highest BCUT2D eigenvalue weighted by atomic mass is 35.5. The summed E-state index contributed by atoms with van der Waals surface area (Å²) in [6, 6.07) is 3.91. The molecule has 0 aliphatic heterocycles. The van der Waals surface area contributed by atoms with E-state index in [1.54, 1.807) is 0 Å². The molecular weight excluding hydrogens is 264 g/mol. The fourth-order valence-corrected chi connectivity index (χ4v) is 2.04. The van der Waals surface area contributed by atoms with Crippen LogP contribution in [0, 0.1) is 0 Å². The van der Waals surface area contributed by atoms with Gasteiger partial charge in [-0.1, -0.05) is 11.6 Å². The average Bonchev–Trinajstić information content (AvgIpc) is 2.15. The highest BCUT2D eigenvalue weighted by Gasteiger charge is 2.11. The van der Waals surface area contributed by atoms with Gasteiger partial charge in [0.25, 0.3) is 0 Å². The first kappa shape index (κ1) is 12.7. The Morgan fingerprint density at radius 3 is 2.60 bits per heavy atom. The average molecular weight is 271 g/mol. The van der Waals surface area contributed by atoms with Crippen LogP contribution in [0.1, 0.15) is 0 Å². The van der Waals surface area contributed by atoms with Gasteiger partial charge in [0.05, 0.1) is 26.9 Å². The van der Waals surface area contributed by atoms with Gasteiger partial charge in [-0.2, -0.15) is 5.90 Å². The molecule has 15 heavy (non-hydrogen) atoms. The quantitative estimate of drug-likeness (QED) is 0.477. The number of primary sulfonamides is 1. The number of nitrogens with two attached hydrogens (primary N) is 2. The topological polar surface area (TPSA) is 105 Å². The van der Waals surface area contributed by atoms with Gasteiger partial charge in [0.1, 0.15) is 0 Å². The first-order chi connectivity index (χ1) is 6.95. The lowest BCUT2D eigenvalue weighted by Gasteiger charge is -2.03. The lowest BCUT2D eigenvalue weighted by atomic mass is 10.4. The van der Waals surface area contributed by atoms with E-state index in [2.05, 4.69) is 15.2 Å². The van der Waals surface area contributed by atoms with Crippen molar-refractivity contribution in [1.29, 1.82) is 0 Å². The summed E-state index contributed by atoms with van der Waals surface area (Å²) in [5, 5.41) is 5.22. The lowest BCUT2D eigenvalue weighted by molar-refractivity contribution is -0.195. The summed E-state index contributed by atoms with van der Waals surface area (Å²) in [5.74, 6) is 4.62.